The van der Waals surface area contributed by atoms with E-state index in [1.54, 1.807) is 35.2 Å². The van der Waals surface area contributed by atoms with Crippen LogP contribution in [0.5, 0.6) is 0 Å². The highest BCUT2D eigenvalue weighted by atomic mass is 19.1. The monoisotopic (exact) mass is 319 g/mol. The number of imidazole rings is 1. The molecule has 0 amide bonds. The van der Waals surface area contributed by atoms with Gasteiger partial charge in [0.15, 0.2) is 5.65 Å². The fourth-order valence-corrected chi connectivity index (χ4v) is 2.48. The van der Waals surface area contributed by atoms with Gasteiger partial charge in [0.25, 0.3) is 0 Å². The van der Waals surface area contributed by atoms with E-state index in [1.165, 1.54) is 12.1 Å². The molecule has 4 rings (SSSR count). The Morgan fingerprint density at radius 3 is 2.54 bits per heavy atom. The molecular formula is C18H14FN5. The number of nitrogens with one attached hydrogen (secondary N) is 1. The van der Waals surface area contributed by atoms with Gasteiger partial charge in [-0.2, -0.15) is 0 Å². The lowest BCUT2D eigenvalue weighted by Gasteiger charge is -2.07. The minimum absolute atomic E-state index is 0.237. The molecule has 0 saturated carbocycles. The van der Waals surface area contributed by atoms with Crippen LogP contribution in [0.15, 0.2) is 67.1 Å². The summed E-state index contributed by atoms with van der Waals surface area (Å²) in [6.45, 7) is 0.568. The van der Waals surface area contributed by atoms with Crippen molar-refractivity contribution in [3.05, 3.63) is 78.5 Å². The summed E-state index contributed by atoms with van der Waals surface area (Å²) in [5.74, 6) is 0.485. The number of hydrogen-bond acceptors (Lipinski definition) is 4. The highest BCUT2D eigenvalue weighted by Crippen LogP contribution is 2.20. The summed E-state index contributed by atoms with van der Waals surface area (Å²) in [6.07, 6.45) is 5.28. The van der Waals surface area contributed by atoms with Crippen LogP contribution in [-0.2, 0) is 6.54 Å². The van der Waals surface area contributed by atoms with E-state index in [0.717, 1.165) is 28.3 Å². The molecule has 4 aromatic rings. The lowest BCUT2D eigenvalue weighted by Crippen LogP contribution is -2.04. The molecule has 3 aromatic heterocycles. The Balaban J connectivity index is 1.61. The number of rotatable bonds is 4. The first-order chi connectivity index (χ1) is 11.8. The molecule has 5 nitrogen and oxygen atoms in total. The molecule has 0 fully saturated rings. The van der Waals surface area contributed by atoms with Crippen molar-refractivity contribution in [1.29, 1.82) is 0 Å². The molecule has 0 radical (unpaired) electrons. The predicted octanol–water partition coefficient (Wildman–Crippen LogP) is 3.54. The molecule has 1 aromatic carbocycles. The zero-order chi connectivity index (χ0) is 16.4. The van der Waals surface area contributed by atoms with E-state index in [4.69, 9.17) is 0 Å². The van der Waals surface area contributed by atoms with Gasteiger partial charge in [0.05, 0.1) is 11.9 Å². The van der Waals surface area contributed by atoms with Crippen LogP contribution in [-0.4, -0.2) is 19.6 Å². The van der Waals surface area contributed by atoms with Crippen molar-refractivity contribution in [3.8, 4) is 11.3 Å². The van der Waals surface area contributed by atoms with Gasteiger partial charge < -0.3 is 5.32 Å². The normalized spacial score (nSPS) is 10.9. The molecule has 3 heterocycles. The van der Waals surface area contributed by atoms with Gasteiger partial charge in [-0.15, -0.1) is 5.10 Å². The van der Waals surface area contributed by atoms with Crippen LogP contribution in [0.2, 0.25) is 0 Å². The Kier molecular flexibility index (Phi) is 3.63. The average molecular weight is 319 g/mol. The zero-order valence-corrected chi connectivity index (χ0v) is 12.7. The summed E-state index contributed by atoms with van der Waals surface area (Å²) in [7, 11) is 0. The third kappa shape index (κ3) is 2.81. The summed E-state index contributed by atoms with van der Waals surface area (Å²) in [4.78, 5) is 8.41. The highest BCUT2D eigenvalue weighted by Gasteiger charge is 2.07. The lowest BCUT2D eigenvalue weighted by atomic mass is 10.2. The Bertz CT molecular complexity index is 964. The van der Waals surface area contributed by atoms with Gasteiger partial charge in [-0.1, -0.05) is 12.1 Å². The molecule has 24 heavy (non-hydrogen) atoms. The first kappa shape index (κ1) is 14.3. The molecular weight excluding hydrogens is 305 g/mol. The van der Waals surface area contributed by atoms with Crippen molar-refractivity contribution in [2.24, 2.45) is 0 Å². The van der Waals surface area contributed by atoms with Gasteiger partial charge in [-0.3, -0.25) is 4.98 Å². The Morgan fingerprint density at radius 2 is 1.75 bits per heavy atom. The number of halogens is 1. The van der Waals surface area contributed by atoms with E-state index in [-0.39, 0.29) is 5.82 Å². The fourth-order valence-electron chi connectivity index (χ4n) is 2.48. The average Bonchev–Trinajstić information content (AvgIpc) is 3.05. The van der Waals surface area contributed by atoms with Gasteiger partial charge in [0.1, 0.15) is 11.6 Å². The second-order valence-corrected chi connectivity index (χ2v) is 5.35. The second-order valence-electron chi connectivity index (χ2n) is 5.35. The van der Waals surface area contributed by atoms with E-state index >= 15 is 0 Å². The Morgan fingerprint density at radius 1 is 0.958 bits per heavy atom. The summed E-state index contributed by atoms with van der Waals surface area (Å²) in [5.41, 5.74) is 3.66. The number of aromatic nitrogens is 4. The molecule has 0 saturated heterocycles. The number of benzene rings is 1. The first-order valence-electron chi connectivity index (χ1n) is 7.53. The van der Waals surface area contributed by atoms with Crippen LogP contribution in [0.25, 0.3) is 16.9 Å². The van der Waals surface area contributed by atoms with E-state index in [9.17, 15) is 4.39 Å². The number of hydrogen-bond donors (Lipinski definition) is 1. The van der Waals surface area contributed by atoms with Crippen molar-refractivity contribution in [2.75, 3.05) is 5.32 Å². The Labute approximate surface area is 137 Å². The molecule has 0 atom stereocenters. The third-order valence-corrected chi connectivity index (χ3v) is 3.73. The molecule has 1 N–H and O–H groups in total. The standard InChI is InChI=1S/C18H14FN5/c19-15-3-1-13(2-4-15)11-21-17-5-6-18-22-12-16(24(18)23-17)14-7-9-20-10-8-14/h1-10,12H,11H2,(H,21,23). The van der Waals surface area contributed by atoms with Crippen molar-refractivity contribution in [3.63, 3.8) is 0 Å². The molecule has 0 aliphatic carbocycles. The van der Waals surface area contributed by atoms with Crippen LogP contribution in [0, 0.1) is 5.82 Å². The number of anilines is 1. The quantitative estimate of drug-likeness (QED) is 0.625. The summed E-state index contributed by atoms with van der Waals surface area (Å²) in [6, 6.07) is 14.0. The molecule has 0 spiro atoms. The van der Waals surface area contributed by atoms with Gasteiger partial charge in [-0.05, 0) is 42.0 Å². The van der Waals surface area contributed by atoms with Crippen LogP contribution in [0.4, 0.5) is 10.2 Å². The van der Waals surface area contributed by atoms with Gasteiger partial charge in [-0.25, -0.2) is 13.9 Å². The minimum Gasteiger partial charge on any atom is -0.365 e. The van der Waals surface area contributed by atoms with E-state index < -0.39 is 0 Å². The van der Waals surface area contributed by atoms with Crippen molar-refractivity contribution in [1.82, 2.24) is 19.6 Å². The smallest absolute Gasteiger partial charge is 0.154 e. The summed E-state index contributed by atoms with van der Waals surface area (Å²) in [5, 5.41) is 7.84. The van der Waals surface area contributed by atoms with Crippen LogP contribution in [0.1, 0.15) is 5.56 Å². The number of pyridine rings is 1. The van der Waals surface area contributed by atoms with E-state index in [2.05, 4.69) is 20.4 Å². The highest BCUT2D eigenvalue weighted by molar-refractivity contribution is 5.63. The van der Waals surface area contributed by atoms with Crippen LogP contribution in [0.3, 0.4) is 0 Å². The second kappa shape index (κ2) is 6.08. The lowest BCUT2D eigenvalue weighted by molar-refractivity contribution is 0.627. The van der Waals surface area contributed by atoms with Crippen molar-refractivity contribution < 1.29 is 4.39 Å². The van der Waals surface area contributed by atoms with Gasteiger partial charge in [0, 0.05) is 24.5 Å². The maximum Gasteiger partial charge on any atom is 0.154 e. The predicted molar refractivity (Wildman–Crippen MR) is 89.9 cm³/mol. The zero-order valence-electron chi connectivity index (χ0n) is 12.7. The Hall–Kier alpha value is -3.28. The van der Waals surface area contributed by atoms with Crippen molar-refractivity contribution in [2.45, 2.75) is 6.54 Å². The first-order valence-corrected chi connectivity index (χ1v) is 7.53. The maximum atomic E-state index is 12.9. The van der Waals surface area contributed by atoms with Gasteiger partial charge >= 0.3 is 0 Å². The molecule has 0 unspecified atom stereocenters. The topological polar surface area (TPSA) is 55.1 Å². The molecule has 118 valence electrons. The molecule has 0 aliphatic rings. The van der Waals surface area contributed by atoms with Gasteiger partial charge in [0.2, 0.25) is 0 Å². The van der Waals surface area contributed by atoms with Crippen LogP contribution < -0.4 is 5.32 Å². The summed E-state index contributed by atoms with van der Waals surface area (Å²) < 4.78 is 14.7. The SMILES string of the molecule is Fc1ccc(CNc2ccc3ncc(-c4ccncc4)n3n2)cc1. The molecule has 0 bridgehead atoms. The van der Waals surface area contributed by atoms with E-state index in [1.807, 2.05) is 24.3 Å². The van der Waals surface area contributed by atoms with E-state index in [0.29, 0.717) is 6.54 Å². The van der Waals surface area contributed by atoms with Crippen LogP contribution >= 0.6 is 0 Å². The molecule has 6 heteroatoms. The summed E-state index contributed by atoms with van der Waals surface area (Å²) >= 11 is 0. The number of fused-ring (bicyclic) bond motifs is 1. The largest absolute Gasteiger partial charge is 0.365 e. The third-order valence-electron chi connectivity index (χ3n) is 3.73. The fraction of sp³-hybridized carbons (Fsp3) is 0.0556. The number of nitrogens with zero attached hydrogens (tertiary/aromatic N) is 4. The van der Waals surface area contributed by atoms with Crippen molar-refractivity contribution >= 4 is 11.5 Å². The maximum absolute atomic E-state index is 12.9. The molecule has 0 aliphatic heterocycles. The minimum atomic E-state index is -0.237.